The van der Waals surface area contributed by atoms with Crippen molar-refractivity contribution >= 4 is 29.5 Å². The molecule has 1 aromatic heterocycles. The Morgan fingerprint density at radius 3 is 2.75 bits per heavy atom. The smallest absolute Gasteiger partial charge is 0.335 e. The number of carbonyl (C=O) groups is 1. The van der Waals surface area contributed by atoms with Crippen LogP contribution in [0.15, 0.2) is 65.8 Å². The highest BCUT2D eigenvalue weighted by atomic mass is 35.5. The van der Waals surface area contributed by atoms with Crippen LogP contribution in [0.1, 0.15) is 21.6 Å². The first-order valence-corrected chi connectivity index (χ1v) is 7.74. The number of hydrogen-bond donors (Lipinski definition) is 1. The van der Waals surface area contributed by atoms with E-state index in [0.717, 1.165) is 22.6 Å². The van der Waals surface area contributed by atoms with Crippen molar-refractivity contribution in [2.45, 2.75) is 6.92 Å². The van der Waals surface area contributed by atoms with E-state index in [0.29, 0.717) is 5.02 Å². The van der Waals surface area contributed by atoms with Crippen LogP contribution in [0.25, 0.3) is 5.69 Å². The number of carboxylic acid groups (broad SMARTS) is 1. The Morgan fingerprint density at radius 1 is 1.17 bits per heavy atom. The van der Waals surface area contributed by atoms with Crippen molar-refractivity contribution in [2.24, 2.45) is 4.99 Å². The standard InChI is InChI=1S/C19H15ClN2O2/c1-13-7-8-15(11-18(13)20)21-12-17-6-3-9-22(17)16-5-2-4-14(10-16)19(23)24/h2-12H,1H3,(H,23,24). The van der Waals surface area contributed by atoms with Gasteiger partial charge in [-0.3, -0.25) is 4.99 Å². The monoisotopic (exact) mass is 338 g/mol. The van der Waals surface area contributed by atoms with Gasteiger partial charge in [0.1, 0.15) is 0 Å². The first kappa shape index (κ1) is 16.0. The summed E-state index contributed by atoms with van der Waals surface area (Å²) in [5.41, 5.74) is 3.62. The minimum absolute atomic E-state index is 0.245. The largest absolute Gasteiger partial charge is 0.478 e. The summed E-state index contributed by atoms with van der Waals surface area (Å²) in [6, 6.07) is 16.2. The van der Waals surface area contributed by atoms with E-state index in [-0.39, 0.29) is 5.56 Å². The number of nitrogens with zero attached hydrogens (tertiary/aromatic N) is 2. The molecule has 0 unspecified atom stereocenters. The molecular weight excluding hydrogens is 324 g/mol. The Kier molecular flexibility index (Phi) is 4.49. The number of aliphatic imine (C=N–C) groups is 1. The van der Waals surface area contributed by atoms with Crippen LogP contribution < -0.4 is 0 Å². The van der Waals surface area contributed by atoms with Crippen LogP contribution in [-0.2, 0) is 0 Å². The second-order valence-electron chi connectivity index (χ2n) is 5.35. The molecule has 0 fully saturated rings. The molecule has 1 heterocycles. The topological polar surface area (TPSA) is 54.6 Å². The zero-order valence-corrected chi connectivity index (χ0v) is 13.7. The molecule has 0 radical (unpaired) electrons. The number of benzene rings is 2. The highest BCUT2D eigenvalue weighted by molar-refractivity contribution is 6.31. The van der Waals surface area contributed by atoms with Gasteiger partial charge in [-0.15, -0.1) is 0 Å². The number of halogens is 1. The van der Waals surface area contributed by atoms with Gasteiger partial charge in [0.25, 0.3) is 0 Å². The molecule has 3 aromatic rings. The van der Waals surface area contributed by atoms with Gasteiger partial charge in [-0.2, -0.15) is 0 Å². The Bertz CT molecular complexity index is 929. The summed E-state index contributed by atoms with van der Waals surface area (Å²) in [7, 11) is 0. The molecule has 2 aromatic carbocycles. The number of hydrogen-bond acceptors (Lipinski definition) is 2. The molecule has 0 aliphatic rings. The van der Waals surface area contributed by atoms with E-state index in [4.69, 9.17) is 16.7 Å². The third-order valence-electron chi connectivity index (χ3n) is 3.65. The fraction of sp³-hybridized carbons (Fsp3) is 0.0526. The molecule has 24 heavy (non-hydrogen) atoms. The van der Waals surface area contributed by atoms with Gasteiger partial charge in [-0.25, -0.2) is 4.79 Å². The van der Waals surface area contributed by atoms with Crippen LogP contribution in [0.5, 0.6) is 0 Å². The van der Waals surface area contributed by atoms with Crippen LogP contribution in [0.4, 0.5) is 5.69 Å². The summed E-state index contributed by atoms with van der Waals surface area (Å²) in [5, 5.41) is 9.80. The normalized spacial score (nSPS) is 11.1. The van der Waals surface area contributed by atoms with Crippen molar-refractivity contribution in [3.05, 3.63) is 82.6 Å². The zero-order chi connectivity index (χ0) is 17.1. The Balaban J connectivity index is 1.93. The van der Waals surface area contributed by atoms with Gasteiger partial charge < -0.3 is 9.67 Å². The van der Waals surface area contributed by atoms with Crippen molar-refractivity contribution in [1.29, 1.82) is 0 Å². The maximum Gasteiger partial charge on any atom is 0.335 e. The van der Waals surface area contributed by atoms with Crippen LogP contribution in [0, 0.1) is 6.92 Å². The van der Waals surface area contributed by atoms with Crippen LogP contribution in [-0.4, -0.2) is 21.9 Å². The molecule has 0 atom stereocenters. The lowest BCUT2D eigenvalue weighted by molar-refractivity contribution is 0.0697. The van der Waals surface area contributed by atoms with Crippen LogP contribution in [0.2, 0.25) is 5.02 Å². The number of aromatic carboxylic acids is 1. The lowest BCUT2D eigenvalue weighted by Gasteiger charge is -2.07. The summed E-state index contributed by atoms with van der Waals surface area (Å²) in [4.78, 5) is 15.6. The number of aryl methyl sites for hydroxylation is 1. The quantitative estimate of drug-likeness (QED) is 0.689. The summed E-state index contributed by atoms with van der Waals surface area (Å²) >= 11 is 6.11. The Hall–Kier alpha value is -2.85. The molecule has 4 nitrogen and oxygen atoms in total. The SMILES string of the molecule is Cc1ccc(N=Cc2cccn2-c2cccc(C(=O)O)c2)cc1Cl. The fourth-order valence-electron chi connectivity index (χ4n) is 2.33. The van der Waals surface area contributed by atoms with Gasteiger partial charge in [0.2, 0.25) is 0 Å². The summed E-state index contributed by atoms with van der Waals surface area (Å²) in [5.74, 6) is -0.950. The molecule has 1 N–H and O–H groups in total. The highest BCUT2D eigenvalue weighted by Crippen LogP contribution is 2.22. The van der Waals surface area contributed by atoms with Crippen molar-refractivity contribution in [3.63, 3.8) is 0 Å². The third-order valence-corrected chi connectivity index (χ3v) is 4.06. The molecule has 0 aliphatic carbocycles. The highest BCUT2D eigenvalue weighted by Gasteiger charge is 2.06. The number of aromatic nitrogens is 1. The molecule has 0 bridgehead atoms. The average Bonchev–Trinajstić information content (AvgIpc) is 3.04. The zero-order valence-electron chi connectivity index (χ0n) is 13.0. The second kappa shape index (κ2) is 6.72. The fourth-order valence-corrected chi connectivity index (χ4v) is 2.50. The second-order valence-corrected chi connectivity index (χ2v) is 5.76. The minimum atomic E-state index is -0.950. The number of carboxylic acids is 1. The Morgan fingerprint density at radius 2 is 2.00 bits per heavy atom. The van der Waals surface area contributed by atoms with E-state index >= 15 is 0 Å². The molecule has 0 aliphatic heterocycles. The van der Waals surface area contributed by atoms with E-state index in [2.05, 4.69) is 4.99 Å². The van der Waals surface area contributed by atoms with E-state index in [9.17, 15) is 4.79 Å². The first-order chi connectivity index (χ1) is 11.5. The molecule has 120 valence electrons. The van der Waals surface area contributed by atoms with Crippen molar-refractivity contribution < 1.29 is 9.90 Å². The summed E-state index contributed by atoms with van der Waals surface area (Å²) < 4.78 is 1.88. The first-order valence-electron chi connectivity index (χ1n) is 7.36. The van der Waals surface area contributed by atoms with E-state index in [1.807, 2.05) is 54.1 Å². The van der Waals surface area contributed by atoms with Gasteiger partial charge in [0.15, 0.2) is 0 Å². The van der Waals surface area contributed by atoms with Gasteiger partial charge in [0.05, 0.1) is 23.2 Å². The summed E-state index contributed by atoms with van der Waals surface area (Å²) in [6.45, 7) is 1.94. The van der Waals surface area contributed by atoms with E-state index in [1.54, 1.807) is 24.4 Å². The predicted octanol–water partition coefficient (Wildman–Crippen LogP) is 4.89. The van der Waals surface area contributed by atoms with Gasteiger partial charge in [-0.05, 0) is 55.0 Å². The molecule has 3 rings (SSSR count). The lowest BCUT2D eigenvalue weighted by atomic mass is 10.2. The van der Waals surface area contributed by atoms with Crippen molar-refractivity contribution in [1.82, 2.24) is 4.57 Å². The molecular formula is C19H15ClN2O2. The van der Waals surface area contributed by atoms with Gasteiger partial charge in [0, 0.05) is 16.9 Å². The minimum Gasteiger partial charge on any atom is -0.478 e. The van der Waals surface area contributed by atoms with Crippen molar-refractivity contribution in [3.8, 4) is 5.69 Å². The van der Waals surface area contributed by atoms with E-state index < -0.39 is 5.97 Å². The average molecular weight is 339 g/mol. The Labute approximate surface area is 144 Å². The van der Waals surface area contributed by atoms with Gasteiger partial charge in [-0.1, -0.05) is 23.7 Å². The molecule has 0 spiro atoms. The maximum atomic E-state index is 11.1. The maximum absolute atomic E-state index is 11.1. The van der Waals surface area contributed by atoms with E-state index in [1.165, 1.54) is 0 Å². The molecule has 0 saturated carbocycles. The van der Waals surface area contributed by atoms with Crippen molar-refractivity contribution in [2.75, 3.05) is 0 Å². The third kappa shape index (κ3) is 3.39. The molecule has 0 saturated heterocycles. The van der Waals surface area contributed by atoms with Crippen LogP contribution >= 0.6 is 11.6 Å². The summed E-state index contributed by atoms with van der Waals surface area (Å²) in [6.07, 6.45) is 3.60. The predicted molar refractivity (Wildman–Crippen MR) is 96.2 cm³/mol. The van der Waals surface area contributed by atoms with Gasteiger partial charge >= 0.3 is 5.97 Å². The molecule has 5 heteroatoms. The molecule has 0 amide bonds. The van der Waals surface area contributed by atoms with Crippen LogP contribution in [0.3, 0.4) is 0 Å². The number of rotatable bonds is 4. The lowest BCUT2D eigenvalue weighted by Crippen LogP contribution is -2.01.